The fraction of sp³-hybridized carbons (Fsp3) is 0.188. The van der Waals surface area contributed by atoms with E-state index in [1.165, 1.54) is 31.3 Å². The minimum atomic E-state index is -3.58. The van der Waals surface area contributed by atoms with Gasteiger partial charge in [0.05, 0.1) is 6.26 Å². The van der Waals surface area contributed by atoms with Crippen molar-refractivity contribution in [1.29, 1.82) is 0 Å². The van der Waals surface area contributed by atoms with Gasteiger partial charge in [-0.2, -0.15) is 4.31 Å². The largest absolute Gasteiger partial charge is 0.324 e. The van der Waals surface area contributed by atoms with E-state index in [4.69, 9.17) is 0 Å². The van der Waals surface area contributed by atoms with Crippen LogP contribution >= 0.6 is 0 Å². The van der Waals surface area contributed by atoms with Crippen LogP contribution < -0.4 is 5.32 Å². The number of hydrogen-bond acceptors (Lipinski definition) is 3. The number of carbonyl (C=O) groups excluding carboxylic acids is 1. The molecule has 0 bridgehead atoms. The van der Waals surface area contributed by atoms with Crippen LogP contribution in [-0.2, 0) is 14.8 Å². The van der Waals surface area contributed by atoms with Crippen molar-refractivity contribution in [2.75, 3.05) is 18.6 Å². The van der Waals surface area contributed by atoms with E-state index in [-0.39, 0.29) is 0 Å². The Morgan fingerprint density at radius 1 is 1.09 bits per heavy atom. The third-order valence-corrected chi connectivity index (χ3v) is 4.62. The first kappa shape index (κ1) is 17.1. The molecule has 7 heteroatoms. The lowest BCUT2D eigenvalue weighted by atomic mass is 10.1. The minimum Gasteiger partial charge on any atom is -0.324 e. The lowest BCUT2D eigenvalue weighted by molar-refractivity contribution is -0.119. The van der Waals surface area contributed by atoms with Crippen LogP contribution in [0.4, 0.5) is 10.1 Å². The van der Waals surface area contributed by atoms with Crippen LogP contribution in [0.15, 0.2) is 54.6 Å². The number of sulfonamides is 1. The van der Waals surface area contributed by atoms with Crippen molar-refractivity contribution >= 4 is 21.6 Å². The van der Waals surface area contributed by atoms with Crippen molar-refractivity contribution in [3.8, 4) is 0 Å². The number of likely N-dealkylation sites (N-methyl/N-ethyl adjacent to an activating group) is 1. The molecule has 0 aliphatic heterocycles. The fourth-order valence-corrected chi connectivity index (χ4v) is 2.70. The fourth-order valence-electron chi connectivity index (χ4n) is 2.10. The lowest BCUT2D eigenvalue weighted by Crippen LogP contribution is -2.38. The summed E-state index contributed by atoms with van der Waals surface area (Å²) in [5.74, 6) is -0.938. The highest BCUT2D eigenvalue weighted by Crippen LogP contribution is 2.23. The normalized spacial score (nSPS) is 12.9. The van der Waals surface area contributed by atoms with Gasteiger partial charge in [0, 0.05) is 12.7 Å². The molecule has 0 spiro atoms. The van der Waals surface area contributed by atoms with E-state index in [0.717, 1.165) is 10.6 Å². The number of rotatable bonds is 5. The molecule has 2 aromatic rings. The molecule has 0 fully saturated rings. The molecule has 2 aromatic carbocycles. The Morgan fingerprint density at radius 2 is 1.65 bits per heavy atom. The van der Waals surface area contributed by atoms with Gasteiger partial charge in [-0.25, -0.2) is 12.8 Å². The van der Waals surface area contributed by atoms with Crippen molar-refractivity contribution in [3.63, 3.8) is 0 Å². The third-order valence-electron chi connectivity index (χ3n) is 3.36. The van der Waals surface area contributed by atoms with Gasteiger partial charge >= 0.3 is 0 Å². The van der Waals surface area contributed by atoms with Gasteiger partial charge in [0.2, 0.25) is 15.9 Å². The Bertz CT molecular complexity index is 777. The van der Waals surface area contributed by atoms with Gasteiger partial charge in [0.25, 0.3) is 0 Å². The van der Waals surface area contributed by atoms with Crippen LogP contribution in [0.1, 0.15) is 11.6 Å². The zero-order valence-corrected chi connectivity index (χ0v) is 13.5. The third kappa shape index (κ3) is 4.37. The molecule has 0 aliphatic rings. The number of anilines is 1. The molecule has 0 radical (unpaired) electrons. The first-order chi connectivity index (χ1) is 10.8. The van der Waals surface area contributed by atoms with Gasteiger partial charge in [-0.3, -0.25) is 4.79 Å². The number of nitrogens with one attached hydrogen (secondary N) is 1. The molecule has 2 rings (SSSR count). The molecule has 1 N–H and O–H groups in total. The Labute approximate surface area is 134 Å². The van der Waals surface area contributed by atoms with E-state index in [0.29, 0.717) is 11.3 Å². The smallest absolute Gasteiger partial charge is 0.247 e. The summed E-state index contributed by atoms with van der Waals surface area (Å²) >= 11 is 0. The van der Waals surface area contributed by atoms with Crippen LogP contribution in [-0.4, -0.2) is 31.9 Å². The minimum absolute atomic E-state index is 0.388. The maximum atomic E-state index is 12.9. The average molecular weight is 336 g/mol. The van der Waals surface area contributed by atoms with Gasteiger partial charge in [0.1, 0.15) is 11.9 Å². The second kappa shape index (κ2) is 6.89. The molecule has 23 heavy (non-hydrogen) atoms. The van der Waals surface area contributed by atoms with E-state index in [9.17, 15) is 17.6 Å². The summed E-state index contributed by atoms with van der Waals surface area (Å²) in [6.45, 7) is 0. The first-order valence-corrected chi connectivity index (χ1v) is 8.68. The predicted octanol–water partition coefficient (Wildman–Crippen LogP) is 2.40. The van der Waals surface area contributed by atoms with E-state index in [2.05, 4.69) is 5.32 Å². The average Bonchev–Trinajstić information content (AvgIpc) is 2.50. The van der Waals surface area contributed by atoms with Crippen LogP contribution in [0.3, 0.4) is 0 Å². The molecular weight excluding hydrogens is 319 g/mol. The monoisotopic (exact) mass is 336 g/mol. The summed E-state index contributed by atoms with van der Waals surface area (Å²) in [5.41, 5.74) is 0.930. The number of halogens is 1. The van der Waals surface area contributed by atoms with Gasteiger partial charge in [-0.15, -0.1) is 0 Å². The van der Waals surface area contributed by atoms with Crippen molar-refractivity contribution < 1.29 is 17.6 Å². The molecule has 0 saturated carbocycles. The molecule has 5 nitrogen and oxygen atoms in total. The highest BCUT2D eigenvalue weighted by molar-refractivity contribution is 7.88. The predicted molar refractivity (Wildman–Crippen MR) is 86.8 cm³/mol. The molecule has 0 aromatic heterocycles. The summed E-state index contributed by atoms with van der Waals surface area (Å²) in [6.07, 6.45) is 1.04. The van der Waals surface area contributed by atoms with Crippen molar-refractivity contribution in [2.24, 2.45) is 0 Å². The number of carbonyl (C=O) groups is 1. The molecular formula is C16H17FN2O3S. The van der Waals surface area contributed by atoms with Crippen LogP contribution in [0.25, 0.3) is 0 Å². The van der Waals surface area contributed by atoms with Crippen molar-refractivity contribution in [3.05, 3.63) is 66.0 Å². The maximum Gasteiger partial charge on any atom is 0.247 e. The molecule has 0 aliphatic carbocycles. The van der Waals surface area contributed by atoms with Gasteiger partial charge in [-0.05, 0) is 29.8 Å². The Morgan fingerprint density at radius 3 is 2.17 bits per heavy atom. The number of amides is 1. The summed E-state index contributed by atoms with van der Waals surface area (Å²) in [6, 6.07) is 12.8. The Balaban J connectivity index is 2.33. The van der Waals surface area contributed by atoms with E-state index in [1.54, 1.807) is 30.3 Å². The second-order valence-electron chi connectivity index (χ2n) is 5.09. The number of nitrogens with zero attached hydrogens (tertiary/aromatic N) is 1. The molecule has 0 heterocycles. The number of hydrogen-bond donors (Lipinski definition) is 1. The summed E-state index contributed by atoms with van der Waals surface area (Å²) in [7, 11) is -2.24. The highest BCUT2D eigenvalue weighted by Gasteiger charge is 2.30. The van der Waals surface area contributed by atoms with Crippen molar-refractivity contribution in [2.45, 2.75) is 6.04 Å². The second-order valence-corrected chi connectivity index (χ2v) is 7.13. The molecule has 122 valence electrons. The lowest BCUT2D eigenvalue weighted by Gasteiger charge is -2.25. The van der Waals surface area contributed by atoms with Gasteiger partial charge in [-0.1, -0.05) is 30.3 Å². The quantitative estimate of drug-likeness (QED) is 0.912. The number of benzene rings is 2. The zero-order valence-electron chi connectivity index (χ0n) is 12.7. The van der Waals surface area contributed by atoms with E-state index >= 15 is 0 Å². The van der Waals surface area contributed by atoms with Crippen LogP contribution in [0.5, 0.6) is 0 Å². The zero-order chi connectivity index (χ0) is 17.0. The van der Waals surface area contributed by atoms with Crippen molar-refractivity contribution in [1.82, 2.24) is 4.31 Å². The van der Waals surface area contributed by atoms with Gasteiger partial charge in [0.15, 0.2) is 0 Å². The van der Waals surface area contributed by atoms with Crippen LogP contribution in [0, 0.1) is 5.82 Å². The molecule has 1 atom stereocenters. The maximum absolute atomic E-state index is 12.9. The Kier molecular flexibility index (Phi) is 5.12. The van der Waals surface area contributed by atoms with Crippen LogP contribution in [0.2, 0.25) is 0 Å². The topological polar surface area (TPSA) is 66.5 Å². The van der Waals surface area contributed by atoms with Gasteiger partial charge < -0.3 is 5.32 Å². The Hall–Kier alpha value is -2.25. The highest BCUT2D eigenvalue weighted by atomic mass is 32.2. The first-order valence-electron chi connectivity index (χ1n) is 6.83. The summed E-state index contributed by atoms with van der Waals surface area (Å²) in [4.78, 5) is 12.6. The summed E-state index contributed by atoms with van der Waals surface area (Å²) in [5, 5.41) is 2.61. The summed E-state index contributed by atoms with van der Waals surface area (Å²) < 4.78 is 37.6. The molecule has 1 amide bonds. The standard InChI is InChI=1S/C16H17FN2O3S/c1-19(23(2,21)22)15(12-6-4-3-5-7-12)16(20)18-14-10-8-13(17)9-11-14/h3-11,15H,1-2H3,(H,18,20)/t15-/m0/s1. The SMILES string of the molecule is CN([C@H](C(=O)Nc1ccc(F)cc1)c1ccccc1)S(C)(=O)=O. The van der Waals surface area contributed by atoms with E-state index < -0.39 is 27.8 Å². The molecule has 0 saturated heterocycles. The van der Waals surface area contributed by atoms with E-state index in [1.807, 2.05) is 0 Å². The molecule has 0 unspecified atom stereocenters.